The van der Waals surface area contributed by atoms with Crippen LogP contribution in [0, 0.1) is 5.92 Å². The molecule has 1 heterocycles. The number of aliphatic hydroxyl groups is 1. The molecule has 0 spiro atoms. The maximum Gasteiger partial charge on any atom is 0.410 e. The minimum Gasteiger partial charge on any atom is -0.444 e. The van der Waals surface area contributed by atoms with Crippen molar-refractivity contribution in [3.05, 3.63) is 0 Å². The van der Waals surface area contributed by atoms with E-state index in [1.807, 2.05) is 20.8 Å². The van der Waals surface area contributed by atoms with Crippen molar-refractivity contribution in [1.82, 2.24) is 4.90 Å². The van der Waals surface area contributed by atoms with Gasteiger partial charge in [-0.2, -0.15) is 0 Å². The number of amides is 1. The van der Waals surface area contributed by atoms with Crippen LogP contribution < -0.4 is 0 Å². The second-order valence-corrected chi connectivity index (χ2v) is 7.18. The molecule has 4 heteroatoms. The molecule has 1 amide bonds. The summed E-state index contributed by atoms with van der Waals surface area (Å²) in [5, 5.41) is 10.5. The van der Waals surface area contributed by atoms with Gasteiger partial charge in [0.15, 0.2) is 0 Å². The second kappa shape index (κ2) is 6.79. The van der Waals surface area contributed by atoms with Crippen molar-refractivity contribution in [2.45, 2.75) is 77.9 Å². The molecular weight excluding hydrogens is 254 g/mol. The lowest BCUT2D eigenvalue weighted by Crippen LogP contribution is -2.64. The highest BCUT2D eigenvalue weighted by atomic mass is 16.6. The quantitative estimate of drug-likeness (QED) is 0.811. The van der Waals surface area contributed by atoms with E-state index in [2.05, 4.69) is 13.8 Å². The summed E-state index contributed by atoms with van der Waals surface area (Å²) in [5.41, 5.74) is -1.18. The van der Waals surface area contributed by atoms with Gasteiger partial charge in [0.05, 0.1) is 13.1 Å². The first-order valence-corrected chi connectivity index (χ1v) is 7.89. The maximum atomic E-state index is 11.8. The molecule has 1 N–H and O–H groups in total. The van der Waals surface area contributed by atoms with Gasteiger partial charge in [0.25, 0.3) is 0 Å². The van der Waals surface area contributed by atoms with E-state index in [0.717, 1.165) is 12.8 Å². The van der Waals surface area contributed by atoms with Gasteiger partial charge in [0, 0.05) is 0 Å². The first-order chi connectivity index (χ1) is 9.19. The number of carbonyl (C=O) groups is 1. The molecule has 0 aromatic heterocycles. The van der Waals surface area contributed by atoms with Crippen LogP contribution >= 0.6 is 0 Å². The molecule has 1 aliphatic heterocycles. The fraction of sp³-hybridized carbons (Fsp3) is 0.938. The monoisotopic (exact) mass is 285 g/mol. The molecule has 1 aliphatic rings. The predicted octanol–water partition coefficient (Wildman–Crippen LogP) is 3.57. The molecule has 1 unspecified atom stereocenters. The smallest absolute Gasteiger partial charge is 0.410 e. The van der Waals surface area contributed by atoms with Crippen molar-refractivity contribution >= 4 is 6.09 Å². The van der Waals surface area contributed by atoms with Gasteiger partial charge in [-0.15, -0.1) is 0 Å². The first-order valence-electron chi connectivity index (χ1n) is 7.89. The number of ether oxygens (including phenoxy) is 1. The second-order valence-electron chi connectivity index (χ2n) is 7.18. The van der Waals surface area contributed by atoms with E-state index < -0.39 is 11.2 Å². The molecule has 0 bridgehead atoms. The normalized spacial score (nSPS) is 19.4. The zero-order valence-electron chi connectivity index (χ0n) is 13.7. The van der Waals surface area contributed by atoms with Crippen LogP contribution in [0.1, 0.15) is 66.7 Å². The molecule has 0 radical (unpaired) electrons. The van der Waals surface area contributed by atoms with Gasteiger partial charge < -0.3 is 14.7 Å². The number of β-amino-alcohol motifs (C(OH)–C–C–N with tert-alkyl or cyclic N) is 1. The minimum atomic E-state index is -0.703. The summed E-state index contributed by atoms with van der Waals surface area (Å²) < 4.78 is 5.31. The largest absolute Gasteiger partial charge is 0.444 e. The van der Waals surface area contributed by atoms with Crippen molar-refractivity contribution in [3.63, 3.8) is 0 Å². The topological polar surface area (TPSA) is 49.8 Å². The van der Waals surface area contributed by atoms with E-state index in [1.54, 1.807) is 4.90 Å². The Bertz CT molecular complexity index is 316. The van der Waals surface area contributed by atoms with Crippen LogP contribution in [-0.2, 0) is 4.74 Å². The van der Waals surface area contributed by atoms with Gasteiger partial charge in [-0.3, -0.25) is 0 Å². The Labute approximate surface area is 123 Å². The Morgan fingerprint density at radius 1 is 1.35 bits per heavy atom. The Morgan fingerprint density at radius 3 is 2.40 bits per heavy atom. The van der Waals surface area contributed by atoms with E-state index in [9.17, 15) is 9.90 Å². The van der Waals surface area contributed by atoms with Crippen LogP contribution in [0.4, 0.5) is 4.79 Å². The van der Waals surface area contributed by atoms with Crippen LogP contribution in [0.3, 0.4) is 0 Å². The summed E-state index contributed by atoms with van der Waals surface area (Å²) in [7, 11) is 0. The average Bonchev–Trinajstić information content (AvgIpc) is 2.28. The highest BCUT2D eigenvalue weighted by molar-refractivity contribution is 5.69. The average molecular weight is 285 g/mol. The first kappa shape index (κ1) is 17.3. The predicted molar refractivity (Wildman–Crippen MR) is 80.7 cm³/mol. The molecule has 1 atom stereocenters. The molecule has 1 rings (SSSR count). The molecule has 0 aliphatic carbocycles. The van der Waals surface area contributed by atoms with E-state index in [4.69, 9.17) is 4.74 Å². The number of carbonyl (C=O) groups excluding carboxylic acids is 1. The number of nitrogens with zero attached hydrogens (tertiary/aromatic N) is 1. The summed E-state index contributed by atoms with van der Waals surface area (Å²) in [4.78, 5) is 13.4. The van der Waals surface area contributed by atoms with Crippen molar-refractivity contribution in [1.29, 1.82) is 0 Å². The fourth-order valence-corrected chi connectivity index (χ4v) is 2.73. The third kappa shape index (κ3) is 5.31. The van der Waals surface area contributed by atoms with Gasteiger partial charge in [-0.1, -0.05) is 39.5 Å². The van der Waals surface area contributed by atoms with Gasteiger partial charge >= 0.3 is 6.09 Å². The third-order valence-corrected chi connectivity index (χ3v) is 3.83. The van der Waals surface area contributed by atoms with Crippen LogP contribution in [-0.4, -0.2) is 40.4 Å². The molecular formula is C16H31NO3. The third-order valence-electron chi connectivity index (χ3n) is 3.83. The Hall–Kier alpha value is -0.770. The van der Waals surface area contributed by atoms with Crippen LogP contribution in [0.15, 0.2) is 0 Å². The SMILES string of the molecule is CCCCC(CC)CC1(O)CN(C(=O)OC(C)(C)C)C1. The van der Waals surface area contributed by atoms with Crippen molar-refractivity contribution in [2.24, 2.45) is 5.92 Å². The maximum absolute atomic E-state index is 11.8. The molecule has 0 saturated carbocycles. The number of hydrogen-bond acceptors (Lipinski definition) is 3. The zero-order valence-corrected chi connectivity index (χ0v) is 13.7. The highest BCUT2D eigenvalue weighted by Gasteiger charge is 2.45. The van der Waals surface area contributed by atoms with E-state index in [1.165, 1.54) is 19.3 Å². The Balaban J connectivity index is 2.38. The summed E-state index contributed by atoms with van der Waals surface area (Å²) >= 11 is 0. The molecule has 0 aromatic rings. The van der Waals surface area contributed by atoms with Gasteiger partial charge in [0.2, 0.25) is 0 Å². The number of unbranched alkanes of at least 4 members (excludes halogenated alkanes) is 1. The van der Waals surface area contributed by atoms with Crippen molar-refractivity contribution in [2.75, 3.05) is 13.1 Å². The highest BCUT2D eigenvalue weighted by Crippen LogP contribution is 2.32. The summed E-state index contributed by atoms with van der Waals surface area (Å²) in [6.07, 6.45) is 5.14. The summed E-state index contributed by atoms with van der Waals surface area (Å²) in [6.45, 7) is 10.7. The van der Waals surface area contributed by atoms with Crippen LogP contribution in [0.5, 0.6) is 0 Å². The van der Waals surface area contributed by atoms with Gasteiger partial charge in [-0.25, -0.2) is 4.79 Å². The molecule has 1 saturated heterocycles. The van der Waals surface area contributed by atoms with Gasteiger partial charge in [-0.05, 0) is 33.1 Å². The molecule has 20 heavy (non-hydrogen) atoms. The molecule has 4 nitrogen and oxygen atoms in total. The summed E-state index contributed by atoms with van der Waals surface area (Å²) in [6, 6.07) is 0. The zero-order chi connectivity index (χ0) is 15.4. The Morgan fingerprint density at radius 2 is 1.95 bits per heavy atom. The lowest BCUT2D eigenvalue weighted by molar-refractivity contribution is -0.110. The van der Waals surface area contributed by atoms with E-state index in [0.29, 0.717) is 19.0 Å². The lowest BCUT2D eigenvalue weighted by atomic mass is 9.81. The number of likely N-dealkylation sites (tertiary alicyclic amines) is 1. The molecule has 1 fully saturated rings. The van der Waals surface area contributed by atoms with Crippen LogP contribution in [0.2, 0.25) is 0 Å². The van der Waals surface area contributed by atoms with Crippen molar-refractivity contribution in [3.8, 4) is 0 Å². The van der Waals surface area contributed by atoms with Crippen LogP contribution in [0.25, 0.3) is 0 Å². The molecule has 0 aromatic carbocycles. The summed E-state index contributed by atoms with van der Waals surface area (Å²) in [5.74, 6) is 0.556. The van der Waals surface area contributed by atoms with Gasteiger partial charge in [0.1, 0.15) is 11.2 Å². The van der Waals surface area contributed by atoms with E-state index in [-0.39, 0.29) is 6.09 Å². The van der Waals surface area contributed by atoms with Crippen molar-refractivity contribution < 1.29 is 14.6 Å². The standard InChI is InChI=1S/C16H31NO3/c1-6-8-9-13(7-2)10-16(19)11-17(12-16)14(18)20-15(3,4)5/h13,19H,6-12H2,1-5H3. The minimum absolute atomic E-state index is 0.316. The molecule has 118 valence electrons. The number of rotatable bonds is 6. The number of hydrogen-bond donors (Lipinski definition) is 1. The Kier molecular flexibility index (Phi) is 5.87. The lowest BCUT2D eigenvalue weighted by Gasteiger charge is -2.47. The fourth-order valence-electron chi connectivity index (χ4n) is 2.73. The van der Waals surface area contributed by atoms with E-state index >= 15 is 0 Å².